The van der Waals surface area contributed by atoms with Gasteiger partial charge < -0.3 is 9.64 Å². The number of esters is 1. The SMILES string of the molecule is CCCCCCC(OC(=O)C(CC)c1ccccc1)C(=O)N1CCCC1. The quantitative estimate of drug-likeness (QED) is 0.450. The number of ether oxygens (including phenoxy) is 1. The summed E-state index contributed by atoms with van der Waals surface area (Å²) in [5, 5.41) is 0. The predicted molar refractivity (Wildman–Crippen MR) is 104 cm³/mol. The molecule has 1 fully saturated rings. The van der Waals surface area contributed by atoms with Gasteiger partial charge >= 0.3 is 5.97 Å². The van der Waals surface area contributed by atoms with Crippen LogP contribution in [0.3, 0.4) is 0 Å². The number of nitrogens with zero attached hydrogens (tertiary/aromatic N) is 1. The first-order valence-electron chi connectivity index (χ1n) is 10.2. The third-order valence-corrected chi connectivity index (χ3v) is 5.17. The van der Waals surface area contributed by atoms with E-state index in [0.717, 1.165) is 57.2 Å². The van der Waals surface area contributed by atoms with Crippen molar-refractivity contribution in [2.75, 3.05) is 13.1 Å². The molecule has 4 heteroatoms. The lowest BCUT2D eigenvalue weighted by molar-refractivity contribution is -0.161. The molecule has 1 aliphatic heterocycles. The van der Waals surface area contributed by atoms with Crippen molar-refractivity contribution >= 4 is 11.9 Å². The Hall–Kier alpha value is -1.84. The second-order valence-electron chi connectivity index (χ2n) is 7.18. The maximum absolute atomic E-state index is 12.8. The minimum Gasteiger partial charge on any atom is -0.452 e. The number of likely N-dealkylation sites (tertiary alicyclic amines) is 1. The molecule has 0 aliphatic carbocycles. The van der Waals surface area contributed by atoms with Gasteiger partial charge in [0.05, 0.1) is 5.92 Å². The van der Waals surface area contributed by atoms with Crippen LogP contribution in [-0.4, -0.2) is 36.0 Å². The Labute approximate surface area is 157 Å². The minimum atomic E-state index is -0.629. The standard InChI is InChI=1S/C22H33NO3/c1-3-5-6-10-15-20(21(24)23-16-11-12-17-23)26-22(25)19(4-2)18-13-8-7-9-14-18/h7-9,13-14,19-20H,3-6,10-12,15-17H2,1-2H3. The van der Waals surface area contributed by atoms with E-state index < -0.39 is 6.10 Å². The number of carbonyl (C=O) groups excluding carboxylic acids is 2. The third-order valence-electron chi connectivity index (χ3n) is 5.17. The van der Waals surface area contributed by atoms with Crippen LogP contribution in [-0.2, 0) is 14.3 Å². The van der Waals surface area contributed by atoms with Crippen LogP contribution in [0.25, 0.3) is 0 Å². The number of benzene rings is 1. The van der Waals surface area contributed by atoms with Crippen molar-refractivity contribution in [1.82, 2.24) is 4.90 Å². The first-order chi connectivity index (χ1) is 12.7. The molecule has 0 bridgehead atoms. The highest BCUT2D eigenvalue weighted by Gasteiger charge is 2.31. The monoisotopic (exact) mass is 359 g/mol. The molecule has 0 N–H and O–H groups in total. The Morgan fingerprint density at radius 3 is 2.35 bits per heavy atom. The maximum atomic E-state index is 12.8. The topological polar surface area (TPSA) is 46.6 Å². The van der Waals surface area contributed by atoms with Crippen molar-refractivity contribution in [2.24, 2.45) is 0 Å². The van der Waals surface area contributed by atoms with Gasteiger partial charge in [-0.15, -0.1) is 0 Å². The van der Waals surface area contributed by atoms with Gasteiger partial charge in [-0.3, -0.25) is 9.59 Å². The van der Waals surface area contributed by atoms with Crippen LogP contribution < -0.4 is 0 Å². The molecule has 4 nitrogen and oxygen atoms in total. The third kappa shape index (κ3) is 5.86. The summed E-state index contributed by atoms with van der Waals surface area (Å²) in [6.07, 6.45) is 7.07. The van der Waals surface area contributed by atoms with Gasteiger partial charge in [-0.1, -0.05) is 63.4 Å². The molecule has 0 spiro atoms. The van der Waals surface area contributed by atoms with E-state index in [4.69, 9.17) is 4.74 Å². The summed E-state index contributed by atoms with van der Waals surface area (Å²) in [6, 6.07) is 9.71. The zero-order chi connectivity index (χ0) is 18.8. The number of rotatable bonds is 10. The van der Waals surface area contributed by atoms with Crippen LogP contribution >= 0.6 is 0 Å². The van der Waals surface area contributed by atoms with Gasteiger partial charge in [0.1, 0.15) is 0 Å². The second-order valence-corrected chi connectivity index (χ2v) is 7.18. The number of unbranched alkanes of at least 4 members (excludes halogenated alkanes) is 3. The van der Waals surface area contributed by atoms with Crippen LogP contribution in [0.1, 0.15) is 76.7 Å². The van der Waals surface area contributed by atoms with Gasteiger partial charge in [0.25, 0.3) is 5.91 Å². The summed E-state index contributed by atoms with van der Waals surface area (Å²) in [4.78, 5) is 27.5. The van der Waals surface area contributed by atoms with E-state index in [1.165, 1.54) is 0 Å². The summed E-state index contributed by atoms with van der Waals surface area (Å²) >= 11 is 0. The highest BCUT2D eigenvalue weighted by molar-refractivity contribution is 5.86. The zero-order valence-corrected chi connectivity index (χ0v) is 16.3. The van der Waals surface area contributed by atoms with Crippen molar-refractivity contribution < 1.29 is 14.3 Å². The molecule has 0 radical (unpaired) electrons. The van der Waals surface area contributed by atoms with Crippen molar-refractivity contribution in [3.05, 3.63) is 35.9 Å². The van der Waals surface area contributed by atoms with E-state index in [9.17, 15) is 9.59 Å². The number of hydrogen-bond acceptors (Lipinski definition) is 3. The smallest absolute Gasteiger partial charge is 0.314 e. The summed E-state index contributed by atoms with van der Waals surface area (Å²) in [6.45, 7) is 5.73. The largest absolute Gasteiger partial charge is 0.452 e. The van der Waals surface area contributed by atoms with Crippen molar-refractivity contribution in [3.63, 3.8) is 0 Å². The average molecular weight is 360 g/mol. The molecule has 1 saturated heterocycles. The molecule has 144 valence electrons. The molecule has 1 aromatic carbocycles. The van der Waals surface area contributed by atoms with E-state index in [-0.39, 0.29) is 17.8 Å². The molecule has 1 aromatic rings. The fourth-order valence-corrected chi connectivity index (χ4v) is 3.58. The van der Waals surface area contributed by atoms with E-state index in [1.807, 2.05) is 42.2 Å². The molecule has 0 saturated carbocycles. The summed E-state index contributed by atoms with van der Waals surface area (Å²) < 4.78 is 5.78. The van der Waals surface area contributed by atoms with E-state index in [0.29, 0.717) is 12.8 Å². The molecule has 1 amide bonds. The summed E-state index contributed by atoms with van der Waals surface area (Å²) in [7, 11) is 0. The van der Waals surface area contributed by atoms with Gasteiger partial charge in [-0.2, -0.15) is 0 Å². The molecule has 1 aliphatic rings. The average Bonchev–Trinajstić information content (AvgIpc) is 3.20. The number of amides is 1. The first kappa shape index (κ1) is 20.5. The fourth-order valence-electron chi connectivity index (χ4n) is 3.58. The van der Waals surface area contributed by atoms with Crippen molar-refractivity contribution in [2.45, 2.75) is 77.2 Å². The lowest BCUT2D eigenvalue weighted by Gasteiger charge is -2.25. The van der Waals surface area contributed by atoms with Crippen LogP contribution in [0.2, 0.25) is 0 Å². The summed E-state index contributed by atoms with van der Waals surface area (Å²) in [5.74, 6) is -0.581. The molecular weight excluding hydrogens is 326 g/mol. The second kappa shape index (κ2) is 11.0. The maximum Gasteiger partial charge on any atom is 0.314 e. The molecule has 2 atom stereocenters. The fraction of sp³-hybridized carbons (Fsp3) is 0.636. The minimum absolute atomic E-state index is 0.00439. The van der Waals surface area contributed by atoms with E-state index in [2.05, 4.69) is 6.92 Å². The van der Waals surface area contributed by atoms with Crippen LogP contribution in [0.15, 0.2) is 30.3 Å². The van der Waals surface area contributed by atoms with E-state index in [1.54, 1.807) is 0 Å². The van der Waals surface area contributed by atoms with Crippen LogP contribution in [0.5, 0.6) is 0 Å². The Bertz CT molecular complexity index is 552. The lowest BCUT2D eigenvalue weighted by Crippen LogP contribution is -2.40. The number of hydrogen-bond donors (Lipinski definition) is 0. The molecule has 1 heterocycles. The zero-order valence-electron chi connectivity index (χ0n) is 16.3. The van der Waals surface area contributed by atoms with Crippen molar-refractivity contribution in [3.8, 4) is 0 Å². The van der Waals surface area contributed by atoms with Gasteiger partial charge in [-0.25, -0.2) is 0 Å². The Kier molecular flexibility index (Phi) is 8.66. The Morgan fingerprint density at radius 2 is 1.73 bits per heavy atom. The van der Waals surface area contributed by atoms with Gasteiger partial charge in [0, 0.05) is 13.1 Å². The Balaban J connectivity index is 2.03. The molecule has 2 rings (SSSR count). The Morgan fingerprint density at radius 1 is 1.04 bits per heavy atom. The first-order valence-corrected chi connectivity index (χ1v) is 10.2. The summed E-state index contributed by atoms with van der Waals surface area (Å²) in [5.41, 5.74) is 0.957. The molecular formula is C22H33NO3. The van der Waals surface area contributed by atoms with Crippen LogP contribution in [0, 0.1) is 0 Å². The van der Waals surface area contributed by atoms with Gasteiger partial charge in [0.15, 0.2) is 6.10 Å². The highest BCUT2D eigenvalue weighted by Crippen LogP contribution is 2.23. The van der Waals surface area contributed by atoms with Gasteiger partial charge in [0.2, 0.25) is 0 Å². The van der Waals surface area contributed by atoms with Gasteiger partial charge in [-0.05, 0) is 37.7 Å². The normalized spacial score (nSPS) is 16.3. The predicted octanol–water partition coefficient (Wildman–Crippen LogP) is 4.68. The highest BCUT2D eigenvalue weighted by atomic mass is 16.5. The molecule has 2 unspecified atom stereocenters. The van der Waals surface area contributed by atoms with Crippen molar-refractivity contribution in [1.29, 1.82) is 0 Å². The van der Waals surface area contributed by atoms with E-state index >= 15 is 0 Å². The van der Waals surface area contributed by atoms with Crippen LogP contribution in [0.4, 0.5) is 0 Å². The lowest BCUT2D eigenvalue weighted by atomic mass is 9.96. The molecule has 26 heavy (non-hydrogen) atoms. The molecule has 0 aromatic heterocycles. The number of carbonyl (C=O) groups is 2.